The highest BCUT2D eigenvalue weighted by molar-refractivity contribution is 7.89. The van der Waals surface area contributed by atoms with Crippen LogP contribution in [-0.4, -0.2) is 29.0 Å². The second-order valence-corrected chi connectivity index (χ2v) is 7.60. The van der Waals surface area contributed by atoms with E-state index < -0.39 is 10.0 Å². The lowest BCUT2D eigenvalue weighted by Crippen LogP contribution is -2.44. The van der Waals surface area contributed by atoms with Crippen molar-refractivity contribution in [2.24, 2.45) is 0 Å². The molecule has 0 fully saturated rings. The van der Waals surface area contributed by atoms with Gasteiger partial charge in [0.15, 0.2) is 0 Å². The third kappa shape index (κ3) is 2.37. The Morgan fingerprint density at radius 3 is 2.62 bits per heavy atom. The van der Waals surface area contributed by atoms with Gasteiger partial charge in [0.25, 0.3) is 0 Å². The summed E-state index contributed by atoms with van der Waals surface area (Å²) < 4.78 is 27.4. The van der Waals surface area contributed by atoms with E-state index in [1.807, 2.05) is 13.8 Å². The van der Waals surface area contributed by atoms with Gasteiger partial charge in [-0.25, -0.2) is 8.42 Å². The number of halogens is 1. The summed E-state index contributed by atoms with van der Waals surface area (Å²) in [6.45, 7) is 3.80. The number of sulfonamides is 1. The van der Waals surface area contributed by atoms with Gasteiger partial charge in [-0.2, -0.15) is 9.40 Å². The minimum atomic E-state index is -3.56. The summed E-state index contributed by atoms with van der Waals surface area (Å²) in [4.78, 5) is 0.262. The van der Waals surface area contributed by atoms with Gasteiger partial charge in [0.05, 0.1) is 17.1 Å². The maximum Gasteiger partial charge on any atom is 0.243 e. The molecule has 0 unspecified atom stereocenters. The van der Waals surface area contributed by atoms with E-state index in [0.717, 1.165) is 11.3 Å². The van der Waals surface area contributed by atoms with Crippen LogP contribution in [0, 0.1) is 0 Å². The zero-order valence-corrected chi connectivity index (χ0v) is 13.3. The standard InChI is InChI=1S/C14H16ClN3O2S/c1-9-7-14-13(8-16-17-14)10(2)18(9)21(19,20)12-5-3-11(15)4-6-12/h3-6,8-10H,7H2,1-2H3,(H,16,17)/t9-,10-/m0/s1. The topological polar surface area (TPSA) is 66.1 Å². The molecule has 21 heavy (non-hydrogen) atoms. The highest BCUT2D eigenvalue weighted by atomic mass is 35.5. The molecule has 2 atom stereocenters. The molecule has 5 nitrogen and oxygen atoms in total. The van der Waals surface area contributed by atoms with Gasteiger partial charge in [-0.1, -0.05) is 11.6 Å². The van der Waals surface area contributed by atoms with Crippen LogP contribution in [0.25, 0.3) is 0 Å². The monoisotopic (exact) mass is 325 g/mol. The second-order valence-electron chi connectivity index (χ2n) is 5.32. The summed E-state index contributed by atoms with van der Waals surface area (Å²) in [7, 11) is -3.56. The summed E-state index contributed by atoms with van der Waals surface area (Å²) >= 11 is 5.84. The third-order valence-electron chi connectivity index (χ3n) is 3.91. The smallest absolute Gasteiger partial charge is 0.243 e. The molecule has 0 spiro atoms. The molecule has 0 amide bonds. The van der Waals surface area contributed by atoms with Gasteiger partial charge in [0.2, 0.25) is 10.0 Å². The molecule has 0 bridgehead atoms. The molecule has 3 rings (SSSR count). The van der Waals surface area contributed by atoms with Gasteiger partial charge in [-0.15, -0.1) is 0 Å². The molecule has 1 N–H and O–H groups in total. The fraction of sp³-hybridized carbons (Fsp3) is 0.357. The predicted molar refractivity (Wildman–Crippen MR) is 80.6 cm³/mol. The van der Waals surface area contributed by atoms with Gasteiger partial charge in [0, 0.05) is 28.7 Å². The average Bonchev–Trinajstić information content (AvgIpc) is 2.87. The van der Waals surface area contributed by atoms with Crippen LogP contribution in [0.1, 0.15) is 31.1 Å². The van der Waals surface area contributed by atoms with Gasteiger partial charge >= 0.3 is 0 Å². The van der Waals surface area contributed by atoms with E-state index in [9.17, 15) is 8.42 Å². The van der Waals surface area contributed by atoms with E-state index in [1.165, 1.54) is 0 Å². The van der Waals surface area contributed by atoms with E-state index in [0.29, 0.717) is 11.4 Å². The van der Waals surface area contributed by atoms with Crippen LogP contribution in [-0.2, 0) is 16.4 Å². The Labute approximate surface area is 129 Å². The van der Waals surface area contributed by atoms with Crippen molar-refractivity contribution in [3.8, 4) is 0 Å². The van der Waals surface area contributed by atoms with Crippen LogP contribution in [0.5, 0.6) is 0 Å². The Bertz CT molecular complexity index is 755. The average molecular weight is 326 g/mol. The third-order valence-corrected chi connectivity index (χ3v) is 6.26. The minimum Gasteiger partial charge on any atom is -0.282 e. The molecule has 1 aliphatic rings. The molecule has 0 saturated heterocycles. The number of hydrogen-bond acceptors (Lipinski definition) is 3. The van der Waals surface area contributed by atoms with E-state index in [1.54, 1.807) is 34.8 Å². The number of aromatic amines is 1. The van der Waals surface area contributed by atoms with Gasteiger partial charge in [-0.3, -0.25) is 5.10 Å². The summed E-state index contributed by atoms with van der Waals surface area (Å²) in [6, 6.07) is 5.90. The van der Waals surface area contributed by atoms with Crippen LogP contribution in [0.15, 0.2) is 35.4 Å². The van der Waals surface area contributed by atoms with Crippen molar-refractivity contribution in [2.75, 3.05) is 0 Å². The molecule has 7 heteroatoms. The molecule has 1 aromatic carbocycles. The van der Waals surface area contributed by atoms with Crippen molar-refractivity contribution in [3.63, 3.8) is 0 Å². The quantitative estimate of drug-likeness (QED) is 0.923. The molecule has 112 valence electrons. The maximum absolute atomic E-state index is 12.9. The number of benzene rings is 1. The fourth-order valence-electron chi connectivity index (χ4n) is 2.92. The lowest BCUT2D eigenvalue weighted by atomic mass is 9.98. The first-order chi connectivity index (χ1) is 9.91. The Hall–Kier alpha value is -1.37. The Kier molecular flexibility index (Phi) is 3.55. The highest BCUT2D eigenvalue weighted by Crippen LogP contribution is 2.36. The fourth-order valence-corrected chi connectivity index (χ4v) is 4.85. The number of aromatic nitrogens is 2. The summed E-state index contributed by atoms with van der Waals surface area (Å²) in [5.41, 5.74) is 1.95. The van der Waals surface area contributed by atoms with Crippen molar-refractivity contribution in [3.05, 3.63) is 46.7 Å². The van der Waals surface area contributed by atoms with Gasteiger partial charge in [0.1, 0.15) is 0 Å². The van der Waals surface area contributed by atoms with Gasteiger partial charge in [-0.05, 0) is 38.1 Å². The SMILES string of the molecule is C[C@H]1Cc2[nH]ncc2[C@H](C)N1S(=O)(=O)c1ccc(Cl)cc1. The predicted octanol–water partition coefficient (Wildman–Crippen LogP) is 2.76. The molecule has 1 aromatic heterocycles. The Morgan fingerprint density at radius 2 is 1.95 bits per heavy atom. The van der Waals surface area contributed by atoms with Crippen molar-refractivity contribution < 1.29 is 8.42 Å². The summed E-state index contributed by atoms with van der Waals surface area (Å²) in [5.74, 6) is 0. The number of H-pyrrole nitrogens is 1. The van der Waals surface area contributed by atoms with E-state index in [4.69, 9.17) is 11.6 Å². The van der Waals surface area contributed by atoms with Crippen LogP contribution < -0.4 is 0 Å². The molecule has 1 aliphatic heterocycles. The molecular weight excluding hydrogens is 310 g/mol. The summed E-state index contributed by atoms with van der Waals surface area (Å²) in [5, 5.41) is 7.49. The first-order valence-electron chi connectivity index (χ1n) is 6.72. The van der Waals surface area contributed by atoms with Crippen molar-refractivity contribution in [1.29, 1.82) is 0 Å². The van der Waals surface area contributed by atoms with Crippen molar-refractivity contribution in [1.82, 2.24) is 14.5 Å². The summed E-state index contributed by atoms with van der Waals surface area (Å²) in [6.07, 6.45) is 2.34. The van der Waals surface area contributed by atoms with E-state index in [2.05, 4.69) is 10.2 Å². The number of nitrogens with zero attached hydrogens (tertiary/aromatic N) is 2. The van der Waals surface area contributed by atoms with E-state index >= 15 is 0 Å². The number of rotatable bonds is 2. The number of nitrogens with one attached hydrogen (secondary N) is 1. The molecule has 0 saturated carbocycles. The lowest BCUT2D eigenvalue weighted by molar-refractivity contribution is 0.255. The van der Waals surface area contributed by atoms with Crippen LogP contribution in [0.4, 0.5) is 0 Å². The lowest BCUT2D eigenvalue weighted by Gasteiger charge is -2.37. The maximum atomic E-state index is 12.9. The Balaban J connectivity index is 2.05. The molecule has 2 aromatic rings. The first kappa shape index (κ1) is 14.6. The van der Waals surface area contributed by atoms with E-state index in [-0.39, 0.29) is 17.0 Å². The molecule has 0 aliphatic carbocycles. The zero-order chi connectivity index (χ0) is 15.2. The molecule has 2 heterocycles. The largest absolute Gasteiger partial charge is 0.282 e. The molecule has 0 radical (unpaired) electrons. The Morgan fingerprint density at radius 1 is 1.29 bits per heavy atom. The van der Waals surface area contributed by atoms with Crippen molar-refractivity contribution in [2.45, 2.75) is 37.2 Å². The first-order valence-corrected chi connectivity index (χ1v) is 8.54. The van der Waals surface area contributed by atoms with Crippen molar-refractivity contribution >= 4 is 21.6 Å². The zero-order valence-electron chi connectivity index (χ0n) is 11.7. The van der Waals surface area contributed by atoms with Crippen LogP contribution in [0.3, 0.4) is 0 Å². The van der Waals surface area contributed by atoms with Gasteiger partial charge < -0.3 is 0 Å². The highest BCUT2D eigenvalue weighted by Gasteiger charge is 2.39. The normalized spacial score (nSPS) is 23.0. The van der Waals surface area contributed by atoms with Crippen LogP contribution >= 0.6 is 11.6 Å². The second kappa shape index (κ2) is 5.12. The minimum absolute atomic E-state index is 0.131. The van der Waals surface area contributed by atoms with Crippen LogP contribution in [0.2, 0.25) is 5.02 Å². The number of fused-ring (bicyclic) bond motifs is 1. The number of hydrogen-bond donors (Lipinski definition) is 1. The molecular formula is C14H16ClN3O2S.